The lowest BCUT2D eigenvalue weighted by Gasteiger charge is -2.17. The highest BCUT2D eigenvalue weighted by Crippen LogP contribution is 2.28. The zero-order valence-corrected chi connectivity index (χ0v) is 10.7. The molecule has 2 unspecified atom stereocenters. The minimum atomic E-state index is 0.605. The quantitative estimate of drug-likeness (QED) is 0.791. The summed E-state index contributed by atoms with van der Waals surface area (Å²) in [4.78, 5) is 4.74. The van der Waals surface area contributed by atoms with Crippen molar-refractivity contribution in [3.8, 4) is 0 Å². The summed E-state index contributed by atoms with van der Waals surface area (Å²) in [6.45, 7) is 3.35. The Morgan fingerprint density at radius 3 is 3.12 bits per heavy atom. The molecule has 3 nitrogen and oxygen atoms in total. The summed E-state index contributed by atoms with van der Waals surface area (Å²) >= 11 is 2.07. The van der Waals surface area contributed by atoms with Crippen molar-refractivity contribution in [3.63, 3.8) is 0 Å². The van der Waals surface area contributed by atoms with Crippen molar-refractivity contribution in [2.75, 3.05) is 11.5 Å². The van der Waals surface area contributed by atoms with Crippen LogP contribution in [0.15, 0.2) is 0 Å². The molecule has 1 fully saturated rings. The predicted octanol–water partition coefficient (Wildman–Crippen LogP) is 2.47. The van der Waals surface area contributed by atoms with Gasteiger partial charge < -0.3 is 0 Å². The van der Waals surface area contributed by atoms with Gasteiger partial charge >= 0.3 is 0 Å². The van der Waals surface area contributed by atoms with Crippen LogP contribution in [0.1, 0.15) is 43.8 Å². The zero-order valence-electron chi connectivity index (χ0n) is 9.85. The molecule has 1 saturated heterocycles. The molecule has 2 aliphatic heterocycles. The molecule has 4 heteroatoms. The highest BCUT2D eigenvalue weighted by Gasteiger charge is 2.23. The van der Waals surface area contributed by atoms with Crippen LogP contribution in [-0.2, 0) is 13.0 Å². The minimum absolute atomic E-state index is 0.605. The monoisotopic (exact) mass is 237 g/mol. The standard InChI is InChI=1S/C12H19N3S/c1-9-3-2-5-15-12(9)13-11(14-15)7-10-4-6-16-8-10/h9-10H,2-8H2,1H3. The number of hydrogen-bond acceptors (Lipinski definition) is 3. The van der Waals surface area contributed by atoms with Crippen LogP contribution < -0.4 is 0 Å². The molecule has 16 heavy (non-hydrogen) atoms. The largest absolute Gasteiger partial charge is 0.250 e. The van der Waals surface area contributed by atoms with Crippen LogP contribution in [0, 0.1) is 5.92 Å². The predicted molar refractivity (Wildman–Crippen MR) is 66.8 cm³/mol. The molecule has 3 rings (SSSR count). The third-order valence-electron chi connectivity index (χ3n) is 3.69. The Balaban J connectivity index is 1.75. The SMILES string of the molecule is CC1CCCn2nc(CC3CCSC3)nc21. The molecule has 0 aliphatic carbocycles. The van der Waals surface area contributed by atoms with Gasteiger partial charge in [0, 0.05) is 18.9 Å². The first-order valence-electron chi connectivity index (χ1n) is 6.34. The van der Waals surface area contributed by atoms with E-state index in [1.54, 1.807) is 0 Å². The first-order valence-corrected chi connectivity index (χ1v) is 7.50. The van der Waals surface area contributed by atoms with Crippen LogP contribution in [0.3, 0.4) is 0 Å². The molecule has 0 bridgehead atoms. The van der Waals surface area contributed by atoms with E-state index in [2.05, 4.69) is 28.5 Å². The van der Waals surface area contributed by atoms with Crippen LogP contribution in [0.2, 0.25) is 0 Å². The van der Waals surface area contributed by atoms with Gasteiger partial charge in [-0.05, 0) is 36.7 Å². The van der Waals surface area contributed by atoms with Gasteiger partial charge in [-0.15, -0.1) is 0 Å². The fraction of sp³-hybridized carbons (Fsp3) is 0.833. The van der Waals surface area contributed by atoms with Gasteiger partial charge in [-0.2, -0.15) is 16.9 Å². The summed E-state index contributed by atoms with van der Waals surface area (Å²) in [5, 5.41) is 4.66. The average molecular weight is 237 g/mol. The van der Waals surface area contributed by atoms with Gasteiger partial charge in [-0.1, -0.05) is 6.92 Å². The van der Waals surface area contributed by atoms with Crippen LogP contribution >= 0.6 is 11.8 Å². The summed E-state index contributed by atoms with van der Waals surface area (Å²) in [6.07, 6.45) is 4.98. The van der Waals surface area contributed by atoms with E-state index in [4.69, 9.17) is 4.98 Å². The maximum atomic E-state index is 4.74. The highest BCUT2D eigenvalue weighted by molar-refractivity contribution is 7.99. The van der Waals surface area contributed by atoms with Crippen LogP contribution in [0.5, 0.6) is 0 Å². The van der Waals surface area contributed by atoms with E-state index in [0.717, 1.165) is 24.7 Å². The van der Waals surface area contributed by atoms with E-state index in [1.807, 2.05) is 0 Å². The molecule has 1 aromatic rings. The molecule has 0 amide bonds. The van der Waals surface area contributed by atoms with Gasteiger partial charge in [0.05, 0.1) is 0 Å². The fourth-order valence-electron chi connectivity index (χ4n) is 2.70. The summed E-state index contributed by atoms with van der Waals surface area (Å²) in [6, 6.07) is 0. The van der Waals surface area contributed by atoms with Gasteiger partial charge in [-0.25, -0.2) is 9.67 Å². The molecule has 1 aromatic heterocycles. The number of rotatable bonds is 2. The molecule has 2 atom stereocenters. The van der Waals surface area contributed by atoms with Crippen LogP contribution in [0.4, 0.5) is 0 Å². The molecule has 0 aromatic carbocycles. The van der Waals surface area contributed by atoms with Gasteiger partial charge in [0.15, 0.2) is 5.82 Å². The number of aromatic nitrogens is 3. The van der Waals surface area contributed by atoms with Gasteiger partial charge in [-0.3, -0.25) is 0 Å². The second-order valence-corrected chi connectivity index (χ2v) is 6.24. The molecular formula is C12H19N3S. The Kier molecular flexibility index (Phi) is 2.92. The van der Waals surface area contributed by atoms with E-state index in [1.165, 1.54) is 36.6 Å². The van der Waals surface area contributed by atoms with Crippen molar-refractivity contribution >= 4 is 11.8 Å². The van der Waals surface area contributed by atoms with Crippen molar-refractivity contribution in [3.05, 3.63) is 11.6 Å². The van der Waals surface area contributed by atoms with E-state index >= 15 is 0 Å². The van der Waals surface area contributed by atoms with Crippen molar-refractivity contribution in [1.29, 1.82) is 0 Å². The van der Waals surface area contributed by atoms with E-state index in [9.17, 15) is 0 Å². The van der Waals surface area contributed by atoms with Crippen LogP contribution in [0.25, 0.3) is 0 Å². The van der Waals surface area contributed by atoms with Crippen LogP contribution in [-0.4, -0.2) is 26.3 Å². The lowest BCUT2D eigenvalue weighted by molar-refractivity contribution is 0.430. The number of fused-ring (bicyclic) bond motifs is 1. The molecular weight excluding hydrogens is 218 g/mol. The lowest BCUT2D eigenvalue weighted by Crippen LogP contribution is -2.14. The van der Waals surface area contributed by atoms with Crippen molar-refractivity contribution in [2.24, 2.45) is 5.92 Å². The topological polar surface area (TPSA) is 30.7 Å². The maximum Gasteiger partial charge on any atom is 0.151 e. The third kappa shape index (κ3) is 1.99. The fourth-order valence-corrected chi connectivity index (χ4v) is 3.98. The molecule has 3 heterocycles. The van der Waals surface area contributed by atoms with E-state index in [0.29, 0.717) is 5.92 Å². The van der Waals surface area contributed by atoms with Crippen molar-refractivity contribution in [1.82, 2.24) is 14.8 Å². The number of aryl methyl sites for hydroxylation is 1. The first-order chi connectivity index (χ1) is 7.83. The second kappa shape index (κ2) is 4.40. The smallest absolute Gasteiger partial charge is 0.151 e. The Hall–Kier alpha value is -0.510. The highest BCUT2D eigenvalue weighted by atomic mass is 32.2. The summed E-state index contributed by atoms with van der Waals surface area (Å²) < 4.78 is 2.14. The molecule has 0 spiro atoms. The summed E-state index contributed by atoms with van der Waals surface area (Å²) in [5.41, 5.74) is 0. The lowest BCUT2D eigenvalue weighted by atomic mass is 10.0. The summed E-state index contributed by atoms with van der Waals surface area (Å²) in [5.74, 6) is 6.38. The average Bonchev–Trinajstić information content (AvgIpc) is 2.88. The molecule has 2 aliphatic rings. The van der Waals surface area contributed by atoms with E-state index < -0.39 is 0 Å². The third-order valence-corrected chi connectivity index (χ3v) is 4.92. The minimum Gasteiger partial charge on any atom is -0.250 e. The van der Waals surface area contributed by atoms with Crippen molar-refractivity contribution < 1.29 is 0 Å². The van der Waals surface area contributed by atoms with Crippen molar-refractivity contribution in [2.45, 2.75) is 45.1 Å². The number of hydrogen-bond donors (Lipinski definition) is 0. The zero-order chi connectivity index (χ0) is 11.0. The molecule has 0 saturated carbocycles. The Labute approximate surface area is 101 Å². The Morgan fingerprint density at radius 1 is 1.44 bits per heavy atom. The summed E-state index contributed by atoms with van der Waals surface area (Å²) in [7, 11) is 0. The molecule has 0 radical (unpaired) electrons. The van der Waals surface area contributed by atoms with Gasteiger partial charge in [0.1, 0.15) is 5.82 Å². The van der Waals surface area contributed by atoms with E-state index in [-0.39, 0.29) is 0 Å². The van der Waals surface area contributed by atoms with Gasteiger partial charge in [0.25, 0.3) is 0 Å². The molecule has 88 valence electrons. The van der Waals surface area contributed by atoms with Gasteiger partial charge in [0.2, 0.25) is 0 Å². The number of thioether (sulfide) groups is 1. The molecule has 0 N–H and O–H groups in total. The first kappa shape index (κ1) is 10.6. The Morgan fingerprint density at radius 2 is 2.38 bits per heavy atom. The number of nitrogens with zero attached hydrogens (tertiary/aromatic N) is 3. The normalized spacial score (nSPS) is 29.3. The maximum absolute atomic E-state index is 4.74. The Bertz CT molecular complexity index is 368. The second-order valence-electron chi connectivity index (χ2n) is 5.09.